The van der Waals surface area contributed by atoms with Gasteiger partial charge in [-0.3, -0.25) is 4.90 Å². The predicted molar refractivity (Wildman–Crippen MR) is 77.7 cm³/mol. The molecule has 6 heteroatoms. The van der Waals surface area contributed by atoms with Crippen molar-refractivity contribution in [1.29, 1.82) is 0 Å². The molecule has 1 unspecified atom stereocenters. The minimum absolute atomic E-state index is 0.163. The van der Waals surface area contributed by atoms with E-state index in [9.17, 15) is 8.42 Å². The van der Waals surface area contributed by atoms with Crippen LogP contribution in [-0.2, 0) is 10.0 Å². The second kappa shape index (κ2) is 6.52. The molecule has 2 fully saturated rings. The smallest absolute Gasteiger partial charge is 0.217 e. The van der Waals surface area contributed by atoms with Crippen LogP contribution in [0.4, 0.5) is 0 Å². The molecule has 2 aliphatic heterocycles. The fourth-order valence-electron chi connectivity index (χ4n) is 2.96. The fourth-order valence-corrected chi connectivity index (χ4v) is 4.89. The molecule has 0 radical (unpaired) electrons. The summed E-state index contributed by atoms with van der Waals surface area (Å²) in [6.45, 7) is 9.14. The molecule has 1 N–H and O–H groups in total. The quantitative estimate of drug-likeness (QED) is 0.818. The molecule has 0 aromatic rings. The van der Waals surface area contributed by atoms with Crippen molar-refractivity contribution in [3.63, 3.8) is 0 Å². The number of hydrogen-bond donors (Lipinski definition) is 1. The van der Waals surface area contributed by atoms with Crippen LogP contribution in [0, 0.1) is 0 Å². The molecule has 2 saturated heterocycles. The average Bonchev–Trinajstić information content (AvgIpc) is 2.47. The molecule has 0 aromatic heterocycles. The van der Waals surface area contributed by atoms with Crippen LogP contribution in [0.1, 0.15) is 33.1 Å². The lowest BCUT2D eigenvalue weighted by Gasteiger charge is -2.39. The Morgan fingerprint density at radius 1 is 1.16 bits per heavy atom. The second-order valence-corrected chi connectivity index (χ2v) is 7.90. The summed E-state index contributed by atoms with van der Waals surface area (Å²) >= 11 is 0. The van der Waals surface area contributed by atoms with E-state index in [1.54, 1.807) is 4.31 Å². The van der Waals surface area contributed by atoms with Gasteiger partial charge < -0.3 is 5.32 Å². The zero-order valence-electron chi connectivity index (χ0n) is 12.1. The third-order valence-electron chi connectivity index (χ3n) is 4.55. The number of nitrogens with zero attached hydrogens (tertiary/aromatic N) is 2. The first-order chi connectivity index (χ1) is 9.05. The molecule has 2 rings (SSSR count). The van der Waals surface area contributed by atoms with E-state index in [1.165, 1.54) is 0 Å². The molecule has 1 atom stereocenters. The summed E-state index contributed by atoms with van der Waals surface area (Å²) in [5.74, 6) is 0. The van der Waals surface area contributed by atoms with Gasteiger partial charge in [-0.25, -0.2) is 8.42 Å². The van der Waals surface area contributed by atoms with Crippen LogP contribution >= 0.6 is 0 Å². The first-order valence-corrected chi connectivity index (χ1v) is 8.99. The monoisotopic (exact) mass is 289 g/mol. The van der Waals surface area contributed by atoms with Crippen LogP contribution in [0.25, 0.3) is 0 Å². The summed E-state index contributed by atoms with van der Waals surface area (Å²) in [7, 11) is -3.07. The number of nitrogens with one attached hydrogen (secondary N) is 1. The van der Waals surface area contributed by atoms with E-state index in [4.69, 9.17) is 0 Å². The maximum atomic E-state index is 12.6. The zero-order valence-corrected chi connectivity index (χ0v) is 13.0. The van der Waals surface area contributed by atoms with Crippen LogP contribution in [0.5, 0.6) is 0 Å². The topological polar surface area (TPSA) is 52.7 Å². The molecule has 112 valence electrons. The van der Waals surface area contributed by atoms with Crippen molar-refractivity contribution < 1.29 is 8.42 Å². The Morgan fingerprint density at radius 2 is 1.74 bits per heavy atom. The molecule has 2 aliphatic rings. The Morgan fingerprint density at radius 3 is 2.26 bits per heavy atom. The predicted octanol–water partition coefficient (Wildman–Crippen LogP) is 0.484. The summed E-state index contributed by atoms with van der Waals surface area (Å²) < 4.78 is 26.9. The molecule has 0 bridgehead atoms. The molecule has 0 spiro atoms. The highest BCUT2D eigenvalue weighted by Crippen LogP contribution is 2.20. The first-order valence-electron chi connectivity index (χ1n) is 7.49. The van der Waals surface area contributed by atoms with Gasteiger partial charge in [0.15, 0.2) is 0 Å². The summed E-state index contributed by atoms with van der Waals surface area (Å²) in [5, 5.41) is 3.07. The van der Waals surface area contributed by atoms with Gasteiger partial charge in [0.05, 0.1) is 5.25 Å². The van der Waals surface area contributed by atoms with Crippen LogP contribution in [0.2, 0.25) is 0 Å². The highest BCUT2D eigenvalue weighted by atomic mass is 32.2. The highest BCUT2D eigenvalue weighted by molar-refractivity contribution is 7.89. The van der Waals surface area contributed by atoms with Gasteiger partial charge in [-0.1, -0.05) is 6.92 Å². The number of rotatable bonds is 4. The number of piperazine rings is 1. The summed E-state index contributed by atoms with van der Waals surface area (Å²) in [6, 6.07) is 0.559. The van der Waals surface area contributed by atoms with E-state index in [2.05, 4.69) is 24.1 Å². The van der Waals surface area contributed by atoms with E-state index in [0.717, 1.165) is 45.4 Å². The Balaban J connectivity index is 1.92. The molecule has 5 nitrogen and oxygen atoms in total. The molecule has 0 aromatic carbocycles. The maximum absolute atomic E-state index is 12.6. The SMILES string of the molecule is CCC(C)N1CCN(S(=O)(=O)C2CCNCC2)CC1. The third-order valence-corrected chi connectivity index (χ3v) is 6.95. The van der Waals surface area contributed by atoms with Crippen LogP contribution in [0.3, 0.4) is 0 Å². The van der Waals surface area contributed by atoms with Crippen molar-refractivity contribution in [2.24, 2.45) is 0 Å². The minimum atomic E-state index is -3.07. The van der Waals surface area contributed by atoms with Crippen molar-refractivity contribution in [3.05, 3.63) is 0 Å². The van der Waals surface area contributed by atoms with Crippen molar-refractivity contribution in [1.82, 2.24) is 14.5 Å². The molecule has 0 saturated carbocycles. The Kier molecular flexibility index (Phi) is 5.22. The molecule has 2 heterocycles. The standard InChI is InChI=1S/C13H27N3O2S/c1-3-12(2)15-8-10-16(11-9-15)19(17,18)13-4-6-14-7-5-13/h12-14H,3-11H2,1-2H3. The summed E-state index contributed by atoms with van der Waals surface area (Å²) in [6.07, 6.45) is 2.64. The van der Waals surface area contributed by atoms with Crippen molar-refractivity contribution in [3.8, 4) is 0 Å². The summed E-state index contributed by atoms with van der Waals surface area (Å²) in [4.78, 5) is 2.40. The van der Waals surface area contributed by atoms with Gasteiger partial charge in [0.1, 0.15) is 0 Å². The molecule has 0 aliphatic carbocycles. The van der Waals surface area contributed by atoms with E-state index in [0.29, 0.717) is 19.1 Å². The summed E-state index contributed by atoms with van der Waals surface area (Å²) in [5.41, 5.74) is 0. The zero-order chi connectivity index (χ0) is 13.9. The third kappa shape index (κ3) is 3.48. The van der Waals surface area contributed by atoms with Gasteiger partial charge in [0, 0.05) is 32.2 Å². The van der Waals surface area contributed by atoms with Crippen molar-refractivity contribution in [2.45, 2.75) is 44.4 Å². The van der Waals surface area contributed by atoms with Gasteiger partial charge in [0.25, 0.3) is 0 Å². The van der Waals surface area contributed by atoms with Gasteiger partial charge in [-0.05, 0) is 39.3 Å². The minimum Gasteiger partial charge on any atom is -0.317 e. The largest absolute Gasteiger partial charge is 0.317 e. The first kappa shape index (κ1) is 15.2. The Labute approximate surface area is 117 Å². The van der Waals surface area contributed by atoms with E-state index >= 15 is 0 Å². The van der Waals surface area contributed by atoms with Gasteiger partial charge in [-0.2, -0.15) is 4.31 Å². The molecular weight excluding hydrogens is 262 g/mol. The lowest BCUT2D eigenvalue weighted by atomic mass is 10.2. The van der Waals surface area contributed by atoms with Crippen LogP contribution in [-0.4, -0.2) is 68.2 Å². The molecule has 0 amide bonds. The van der Waals surface area contributed by atoms with Gasteiger partial charge >= 0.3 is 0 Å². The van der Waals surface area contributed by atoms with Gasteiger partial charge in [0.2, 0.25) is 10.0 Å². The molecule has 19 heavy (non-hydrogen) atoms. The number of sulfonamides is 1. The fraction of sp³-hybridized carbons (Fsp3) is 1.00. The number of piperidine rings is 1. The molecular formula is C13H27N3O2S. The maximum Gasteiger partial charge on any atom is 0.217 e. The Bertz CT molecular complexity index is 371. The normalized spacial score (nSPS) is 26.4. The van der Waals surface area contributed by atoms with Crippen LogP contribution in [0.15, 0.2) is 0 Å². The Hall–Kier alpha value is -0.170. The second-order valence-electron chi connectivity index (χ2n) is 5.69. The van der Waals surface area contributed by atoms with E-state index in [1.807, 2.05) is 0 Å². The lowest BCUT2D eigenvalue weighted by molar-refractivity contribution is 0.142. The number of hydrogen-bond acceptors (Lipinski definition) is 4. The lowest BCUT2D eigenvalue weighted by Crippen LogP contribution is -2.54. The van der Waals surface area contributed by atoms with Crippen LogP contribution < -0.4 is 5.32 Å². The van der Waals surface area contributed by atoms with E-state index < -0.39 is 10.0 Å². The average molecular weight is 289 g/mol. The van der Waals surface area contributed by atoms with E-state index in [-0.39, 0.29) is 5.25 Å². The van der Waals surface area contributed by atoms with Crippen molar-refractivity contribution >= 4 is 10.0 Å². The highest BCUT2D eigenvalue weighted by Gasteiger charge is 2.35. The van der Waals surface area contributed by atoms with Gasteiger partial charge in [-0.15, -0.1) is 0 Å². The van der Waals surface area contributed by atoms with Crippen molar-refractivity contribution in [2.75, 3.05) is 39.3 Å².